The second-order valence-electron chi connectivity index (χ2n) is 12.5. The zero-order valence-electron chi connectivity index (χ0n) is 26.5. The number of rotatable bonds is 5. The quantitative estimate of drug-likeness (QED) is 0.178. The van der Waals surface area contributed by atoms with E-state index in [0.717, 1.165) is 5.69 Å². The minimum atomic E-state index is 1.16. The van der Waals surface area contributed by atoms with E-state index in [-0.39, 0.29) is 0 Å². The molecular formula is C46H29NS2. The van der Waals surface area contributed by atoms with E-state index < -0.39 is 0 Å². The first kappa shape index (κ1) is 28.3. The molecule has 3 heteroatoms. The first-order chi connectivity index (χ1) is 24.3. The summed E-state index contributed by atoms with van der Waals surface area (Å²) in [6.07, 6.45) is 0. The Morgan fingerprint density at radius 3 is 1.73 bits per heavy atom. The van der Waals surface area contributed by atoms with Gasteiger partial charge in [-0.2, -0.15) is 0 Å². The summed E-state index contributed by atoms with van der Waals surface area (Å²) in [6.45, 7) is 0. The van der Waals surface area contributed by atoms with Crippen molar-refractivity contribution in [3.63, 3.8) is 0 Å². The predicted octanol–water partition coefficient (Wildman–Crippen LogP) is 14.4. The molecule has 8 aromatic carbocycles. The number of hydrogen-bond acceptors (Lipinski definition) is 3. The molecule has 0 spiro atoms. The van der Waals surface area contributed by atoms with Gasteiger partial charge in [-0.05, 0) is 58.0 Å². The molecule has 0 atom stereocenters. The molecule has 0 radical (unpaired) electrons. The largest absolute Gasteiger partial charge is 0.308 e. The minimum Gasteiger partial charge on any atom is -0.308 e. The molecule has 0 N–H and O–H groups in total. The Hall–Kier alpha value is -5.74. The third-order valence-corrected chi connectivity index (χ3v) is 12.1. The van der Waals surface area contributed by atoms with Crippen molar-refractivity contribution in [1.29, 1.82) is 0 Å². The van der Waals surface area contributed by atoms with Crippen LogP contribution in [0.4, 0.5) is 17.1 Å². The Balaban J connectivity index is 1.27. The van der Waals surface area contributed by atoms with Gasteiger partial charge in [0.15, 0.2) is 0 Å². The lowest BCUT2D eigenvalue weighted by atomic mass is 9.96. The van der Waals surface area contributed by atoms with E-state index in [9.17, 15) is 0 Å². The fraction of sp³-hybridized carbons (Fsp3) is 0. The maximum Gasteiger partial charge on any atom is 0.0640 e. The van der Waals surface area contributed by atoms with Gasteiger partial charge in [0.2, 0.25) is 0 Å². The van der Waals surface area contributed by atoms with Crippen LogP contribution in [0.25, 0.3) is 73.4 Å². The molecule has 10 aromatic rings. The van der Waals surface area contributed by atoms with Crippen LogP contribution < -0.4 is 4.90 Å². The predicted molar refractivity (Wildman–Crippen MR) is 215 cm³/mol. The number of thiophene rings is 2. The molecule has 230 valence electrons. The average Bonchev–Trinajstić information content (AvgIpc) is 3.74. The lowest BCUT2D eigenvalue weighted by Crippen LogP contribution is -2.10. The van der Waals surface area contributed by atoms with E-state index in [1.54, 1.807) is 0 Å². The van der Waals surface area contributed by atoms with Gasteiger partial charge < -0.3 is 4.90 Å². The molecule has 2 aromatic heterocycles. The molecule has 0 amide bonds. The fourth-order valence-electron chi connectivity index (χ4n) is 7.44. The molecule has 0 fully saturated rings. The summed E-state index contributed by atoms with van der Waals surface area (Å²) < 4.78 is 5.22. The first-order valence-corrected chi connectivity index (χ1v) is 18.2. The molecule has 0 aliphatic heterocycles. The smallest absolute Gasteiger partial charge is 0.0640 e. The van der Waals surface area contributed by atoms with Gasteiger partial charge in [0.1, 0.15) is 0 Å². The van der Waals surface area contributed by atoms with Crippen molar-refractivity contribution >= 4 is 90.9 Å². The first-order valence-electron chi connectivity index (χ1n) is 16.6. The van der Waals surface area contributed by atoms with E-state index in [4.69, 9.17) is 0 Å². The second kappa shape index (κ2) is 11.5. The highest BCUT2D eigenvalue weighted by Crippen LogP contribution is 2.49. The average molecular weight is 660 g/mol. The van der Waals surface area contributed by atoms with Crippen molar-refractivity contribution in [2.75, 3.05) is 4.90 Å². The van der Waals surface area contributed by atoms with E-state index in [2.05, 4.69) is 181 Å². The normalized spacial score (nSPS) is 11.7. The standard InChI is InChI=1S/C46H29NS2/c1-3-13-30(14-4-1)33-27-28-41(36-18-8-7-17-35(33)36)47(32-25-26-38-37-19-9-10-24-43(37)48-44(38)29-32)42-23-12-22-40-39-21-11-20-34(45(39)49-46(40)42)31-15-5-2-6-16-31/h1-29H. The van der Waals surface area contributed by atoms with Crippen molar-refractivity contribution in [3.05, 3.63) is 176 Å². The van der Waals surface area contributed by atoms with Crippen LogP contribution in [0.5, 0.6) is 0 Å². The number of fused-ring (bicyclic) bond motifs is 7. The molecule has 0 saturated carbocycles. The molecule has 2 heterocycles. The highest BCUT2D eigenvalue weighted by Gasteiger charge is 2.22. The van der Waals surface area contributed by atoms with Gasteiger partial charge >= 0.3 is 0 Å². The van der Waals surface area contributed by atoms with Crippen molar-refractivity contribution in [1.82, 2.24) is 0 Å². The zero-order chi connectivity index (χ0) is 32.3. The molecule has 0 aliphatic carbocycles. The summed E-state index contributed by atoms with van der Waals surface area (Å²) in [4.78, 5) is 2.50. The van der Waals surface area contributed by atoms with Gasteiger partial charge in [-0.25, -0.2) is 0 Å². The van der Waals surface area contributed by atoms with E-state index in [1.165, 1.54) is 84.7 Å². The number of anilines is 3. The zero-order valence-corrected chi connectivity index (χ0v) is 28.1. The van der Waals surface area contributed by atoms with Gasteiger partial charge in [0.25, 0.3) is 0 Å². The van der Waals surface area contributed by atoms with Crippen LogP contribution in [-0.2, 0) is 0 Å². The molecule has 0 unspecified atom stereocenters. The Morgan fingerprint density at radius 1 is 0.327 bits per heavy atom. The number of hydrogen-bond donors (Lipinski definition) is 0. The van der Waals surface area contributed by atoms with Crippen LogP contribution in [-0.4, -0.2) is 0 Å². The van der Waals surface area contributed by atoms with Gasteiger partial charge in [-0.1, -0.05) is 146 Å². The van der Waals surface area contributed by atoms with Crippen molar-refractivity contribution in [3.8, 4) is 22.3 Å². The molecule has 49 heavy (non-hydrogen) atoms. The Morgan fingerprint density at radius 2 is 0.939 bits per heavy atom. The van der Waals surface area contributed by atoms with Gasteiger partial charge in [-0.3, -0.25) is 0 Å². The summed E-state index contributed by atoms with van der Waals surface area (Å²) in [5, 5.41) is 7.68. The van der Waals surface area contributed by atoms with Gasteiger partial charge in [0.05, 0.1) is 16.1 Å². The summed E-state index contributed by atoms with van der Waals surface area (Å²) in [6, 6.07) is 64.3. The second-order valence-corrected chi connectivity index (χ2v) is 14.6. The maximum absolute atomic E-state index is 2.50. The third kappa shape index (κ3) is 4.58. The Kier molecular flexibility index (Phi) is 6.61. The van der Waals surface area contributed by atoms with Crippen LogP contribution >= 0.6 is 22.7 Å². The summed E-state index contributed by atoms with van der Waals surface area (Å²) in [7, 11) is 0. The fourth-order valence-corrected chi connectivity index (χ4v) is 9.91. The Bertz CT molecular complexity index is 2830. The summed E-state index contributed by atoms with van der Waals surface area (Å²) in [5.41, 5.74) is 8.51. The monoisotopic (exact) mass is 659 g/mol. The lowest BCUT2D eigenvalue weighted by molar-refractivity contribution is 1.33. The van der Waals surface area contributed by atoms with E-state index >= 15 is 0 Å². The molecule has 10 rings (SSSR count). The summed E-state index contributed by atoms with van der Waals surface area (Å²) in [5.74, 6) is 0. The van der Waals surface area contributed by atoms with Crippen LogP contribution in [0.2, 0.25) is 0 Å². The molecule has 0 saturated heterocycles. The SMILES string of the molecule is c1ccc(-c2ccc(N(c3ccc4c(c3)sc3ccccc34)c3cccc4c3sc3c(-c5ccccc5)cccc34)c3ccccc23)cc1. The van der Waals surface area contributed by atoms with Gasteiger partial charge in [-0.15, -0.1) is 22.7 Å². The van der Waals surface area contributed by atoms with Crippen LogP contribution in [0, 0.1) is 0 Å². The van der Waals surface area contributed by atoms with Crippen molar-refractivity contribution in [2.24, 2.45) is 0 Å². The van der Waals surface area contributed by atoms with Gasteiger partial charge in [0, 0.05) is 46.7 Å². The topological polar surface area (TPSA) is 3.24 Å². The summed E-state index contributed by atoms with van der Waals surface area (Å²) >= 11 is 3.77. The minimum absolute atomic E-state index is 1.16. The van der Waals surface area contributed by atoms with Crippen LogP contribution in [0.1, 0.15) is 0 Å². The maximum atomic E-state index is 2.50. The highest BCUT2D eigenvalue weighted by molar-refractivity contribution is 7.27. The molecule has 0 aliphatic rings. The number of nitrogens with zero attached hydrogens (tertiary/aromatic N) is 1. The van der Waals surface area contributed by atoms with Crippen molar-refractivity contribution in [2.45, 2.75) is 0 Å². The molecular weight excluding hydrogens is 631 g/mol. The molecule has 0 bridgehead atoms. The highest BCUT2D eigenvalue weighted by atomic mass is 32.1. The number of benzene rings is 8. The van der Waals surface area contributed by atoms with Crippen LogP contribution in [0.15, 0.2) is 176 Å². The Labute approximate surface area is 292 Å². The van der Waals surface area contributed by atoms with Crippen LogP contribution in [0.3, 0.4) is 0 Å². The van der Waals surface area contributed by atoms with Crippen molar-refractivity contribution < 1.29 is 0 Å². The third-order valence-electron chi connectivity index (χ3n) is 9.68. The lowest BCUT2D eigenvalue weighted by Gasteiger charge is -2.28. The molecule has 1 nitrogen and oxygen atoms in total. The van der Waals surface area contributed by atoms with E-state index in [1.807, 2.05) is 22.7 Å². The van der Waals surface area contributed by atoms with E-state index in [0.29, 0.717) is 0 Å².